The summed E-state index contributed by atoms with van der Waals surface area (Å²) >= 11 is 0. The molecule has 0 saturated carbocycles. The topological polar surface area (TPSA) is 59.3 Å². The molecular formula is C22H20N4O. The predicted octanol–water partition coefficient (Wildman–Crippen LogP) is 4.57. The van der Waals surface area contributed by atoms with E-state index < -0.39 is 0 Å². The van der Waals surface area contributed by atoms with E-state index in [1.807, 2.05) is 75.4 Å². The normalized spacial score (nSPS) is 10.9. The molecule has 1 amide bonds. The number of carbonyl (C=O) groups is 1. The summed E-state index contributed by atoms with van der Waals surface area (Å²) in [4.78, 5) is 17.4. The van der Waals surface area contributed by atoms with Gasteiger partial charge in [0.15, 0.2) is 5.65 Å². The third-order valence-corrected chi connectivity index (χ3v) is 4.76. The third kappa shape index (κ3) is 2.97. The lowest BCUT2D eigenvalue weighted by molar-refractivity contribution is 0.102. The van der Waals surface area contributed by atoms with Crippen LogP contribution in [0.2, 0.25) is 0 Å². The molecule has 0 saturated heterocycles. The molecule has 0 bridgehead atoms. The highest BCUT2D eigenvalue weighted by molar-refractivity contribution is 6.05. The Morgan fingerprint density at radius 3 is 2.41 bits per heavy atom. The van der Waals surface area contributed by atoms with Gasteiger partial charge in [0.05, 0.1) is 17.0 Å². The third-order valence-electron chi connectivity index (χ3n) is 4.76. The Balaban J connectivity index is 1.77. The SMILES string of the molecule is Cc1ccccc1NC(=O)c1cnc2c(-c3ccccc3)c(C)nn2c1C. The number of hydrogen-bond acceptors (Lipinski definition) is 3. The highest BCUT2D eigenvalue weighted by atomic mass is 16.1. The summed E-state index contributed by atoms with van der Waals surface area (Å²) in [5, 5.41) is 7.60. The zero-order valence-corrected chi connectivity index (χ0v) is 15.5. The second-order valence-corrected chi connectivity index (χ2v) is 6.59. The van der Waals surface area contributed by atoms with Crippen LogP contribution in [0.15, 0.2) is 60.8 Å². The van der Waals surface area contributed by atoms with E-state index in [1.54, 1.807) is 10.7 Å². The Morgan fingerprint density at radius 2 is 1.67 bits per heavy atom. The van der Waals surface area contributed by atoms with Crippen molar-refractivity contribution in [2.75, 3.05) is 5.32 Å². The second-order valence-electron chi connectivity index (χ2n) is 6.59. The molecule has 0 fully saturated rings. The van der Waals surface area contributed by atoms with Gasteiger partial charge in [0.2, 0.25) is 0 Å². The van der Waals surface area contributed by atoms with Crippen LogP contribution >= 0.6 is 0 Å². The number of hydrogen-bond donors (Lipinski definition) is 1. The van der Waals surface area contributed by atoms with E-state index in [2.05, 4.69) is 15.4 Å². The van der Waals surface area contributed by atoms with Crippen LogP contribution in [0.4, 0.5) is 5.69 Å². The monoisotopic (exact) mass is 356 g/mol. The smallest absolute Gasteiger partial charge is 0.259 e. The Labute approximate surface area is 157 Å². The molecule has 0 radical (unpaired) electrons. The minimum atomic E-state index is -0.189. The first-order valence-electron chi connectivity index (χ1n) is 8.83. The van der Waals surface area contributed by atoms with Gasteiger partial charge in [-0.2, -0.15) is 5.10 Å². The summed E-state index contributed by atoms with van der Waals surface area (Å²) in [6, 6.07) is 17.8. The van der Waals surface area contributed by atoms with Crippen LogP contribution in [0.3, 0.4) is 0 Å². The van der Waals surface area contributed by atoms with Crippen molar-refractivity contribution >= 4 is 17.2 Å². The minimum absolute atomic E-state index is 0.189. The first-order valence-corrected chi connectivity index (χ1v) is 8.83. The van der Waals surface area contributed by atoms with Crippen LogP contribution in [0.5, 0.6) is 0 Å². The van der Waals surface area contributed by atoms with Gasteiger partial charge in [0.25, 0.3) is 5.91 Å². The van der Waals surface area contributed by atoms with E-state index in [4.69, 9.17) is 0 Å². The molecule has 0 aliphatic rings. The lowest BCUT2D eigenvalue weighted by Crippen LogP contribution is -2.16. The van der Waals surface area contributed by atoms with Crippen molar-refractivity contribution in [3.63, 3.8) is 0 Å². The van der Waals surface area contributed by atoms with Gasteiger partial charge >= 0.3 is 0 Å². The molecule has 0 unspecified atom stereocenters. The summed E-state index contributed by atoms with van der Waals surface area (Å²) in [5.41, 5.74) is 6.77. The van der Waals surface area contributed by atoms with E-state index in [-0.39, 0.29) is 5.91 Å². The van der Waals surface area contributed by atoms with Gasteiger partial charge in [-0.1, -0.05) is 48.5 Å². The maximum atomic E-state index is 12.8. The van der Waals surface area contributed by atoms with Crippen molar-refractivity contribution in [2.24, 2.45) is 0 Å². The molecule has 2 heterocycles. The van der Waals surface area contributed by atoms with E-state index in [0.717, 1.165) is 39.4 Å². The Hall–Kier alpha value is -3.47. The Bertz CT molecular complexity index is 1150. The van der Waals surface area contributed by atoms with Crippen LogP contribution in [0.25, 0.3) is 16.8 Å². The van der Waals surface area contributed by atoms with E-state index >= 15 is 0 Å². The number of fused-ring (bicyclic) bond motifs is 1. The molecule has 0 atom stereocenters. The van der Waals surface area contributed by atoms with E-state index in [1.165, 1.54) is 0 Å². The molecule has 4 aromatic rings. The number of para-hydroxylation sites is 1. The number of rotatable bonds is 3. The molecule has 0 aliphatic carbocycles. The van der Waals surface area contributed by atoms with E-state index in [0.29, 0.717) is 5.56 Å². The summed E-state index contributed by atoms with van der Waals surface area (Å²) in [7, 11) is 0. The molecule has 4 rings (SSSR count). The molecule has 0 spiro atoms. The fraction of sp³-hybridized carbons (Fsp3) is 0.136. The number of carbonyl (C=O) groups excluding carboxylic acids is 1. The largest absolute Gasteiger partial charge is 0.322 e. The van der Waals surface area contributed by atoms with Crippen LogP contribution in [-0.2, 0) is 0 Å². The average molecular weight is 356 g/mol. The van der Waals surface area contributed by atoms with Gasteiger partial charge in [-0.25, -0.2) is 9.50 Å². The maximum absolute atomic E-state index is 12.8. The highest BCUT2D eigenvalue weighted by Gasteiger charge is 2.19. The summed E-state index contributed by atoms with van der Waals surface area (Å²) in [6.07, 6.45) is 1.63. The van der Waals surface area contributed by atoms with Crippen molar-refractivity contribution in [1.29, 1.82) is 0 Å². The fourth-order valence-electron chi connectivity index (χ4n) is 3.27. The fourth-order valence-corrected chi connectivity index (χ4v) is 3.27. The molecular weight excluding hydrogens is 336 g/mol. The first kappa shape index (κ1) is 17.0. The second kappa shape index (κ2) is 6.68. The molecule has 0 aliphatic heterocycles. The number of amides is 1. The number of nitrogens with one attached hydrogen (secondary N) is 1. The predicted molar refractivity (Wildman–Crippen MR) is 107 cm³/mol. The van der Waals surface area contributed by atoms with Gasteiger partial charge in [-0.15, -0.1) is 0 Å². The number of anilines is 1. The van der Waals surface area contributed by atoms with Gasteiger partial charge in [0.1, 0.15) is 0 Å². The van der Waals surface area contributed by atoms with E-state index in [9.17, 15) is 4.79 Å². The van der Waals surface area contributed by atoms with Gasteiger partial charge < -0.3 is 5.32 Å². The summed E-state index contributed by atoms with van der Waals surface area (Å²) < 4.78 is 1.75. The zero-order chi connectivity index (χ0) is 19.0. The lowest BCUT2D eigenvalue weighted by Gasteiger charge is -2.10. The van der Waals surface area contributed by atoms with Crippen molar-refractivity contribution in [1.82, 2.24) is 14.6 Å². The van der Waals surface area contributed by atoms with Crippen LogP contribution in [0.1, 0.15) is 27.3 Å². The maximum Gasteiger partial charge on any atom is 0.259 e. The minimum Gasteiger partial charge on any atom is -0.322 e. The number of aryl methyl sites for hydroxylation is 3. The molecule has 5 nitrogen and oxygen atoms in total. The van der Waals surface area contributed by atoms with Gasteiger partial charge in [-0.3, -0.25) is 4.79 Å². The highest BCUT2D eigenvalue weighted by Crippen LogP contribution is 2.28. The summed E-state index contributed by atoms with van der Waals surface area (Å²) in [5.74, 6) is -0.189. The van der Waals surface area contributed by atoms with Crippen LogP contribution in [-0.4, -0.2) is 20.5 Å². The van der Waals surface area contributed by atoms with Crippen molar-refractivity contribution in [3.8, 4) is 11.1 Å². The first-order chi connectivity index (χ1) is 13.1. The van der Waals surface area contributed by atoms with Crippen molar-refractivity contribution in [3.05, 3.63) is 83.3 Å². The number of benzene rings is 2. The zero-order valence-electron chi connectivity index (χ0n) is 15.5. The van der Waals surface area contributed by atoms with Crippen LogP contribution < -0.4 is 5.32 Å². The van der Waals surface area contributed by atoms with Crippen molar-refractivity contribution < 1.29 is 4.79 Å². The van der Waals surface area contributed by atoms with Gasteiger partial charge in [0, 0.05) is 17.4 Å². The molecule has 2 aromatic heterocycles. The molecule has 27 heavy (non-hydrogen) atoms. The summed E-state index contributed by atoms with van der Waals surface area (Å²) in [6.45, 7) is 5.82. The van der Waals surface area contributed by atoms with Crippen molar-refractivity contribution in [2.45, 2.75) is 20.8 Å². The number of nitrogens with zero attached hydrogens (tertiary/aromatic N) is 3. The van der Waals surface area contributed by atoms with Crippen LogP contribution in [0, 0.1) is 20.8 Å². The number of aromatic nitrogens is 3. The molecule has 5 heteroatoms. The quantitative estimate of drug-likeness (QED) is 0.585. The Kier molecular flexibility index (Phi) is 4.20. The average Bonchev–Trinajstić information content (AvgIpc) is 3.01. The molecule has 134 valence electrons. The Morgan fingerprint density at radius 1 is 0.963 bits per heavy atom. The molecule has 1 N–H and O–H groups in total. The van der Waals surface area contributed by atoms with Gasteiger partial charge in [-0.05, 0) is 38.0 Å². The standard InChI is InChI=1S/C22H20N4O/c1-14-9-7-8-12-19(14)24-22(27)18-13-23-21-20(17-10-5-4-6-11-17)15(2)25-26(21)16(18)3/h4-13H,1-3H3,(H,24,27). The lowest BCUT2D eigenvalue weighted by atomic mass is 10.1. The molecule has 2 aromatic carbocycles.